The van der Waals surface area contributed by atoms with E-state index in [4.69, 9.17) is 5.14 Å². The molecule has 0 aliphatic carbocycles. The van der Waals surface area contributed by atoms with E-state index in [0.717, 1.165) is 0 Å². The van der Waals surface area contributed by atoms with Crippen LogP contribution in [0.4, 0.5) is 8.78 Å². The maximum Gasteiger partial charge on any atom is 0.261 e. The molecule has 2 N–H and O–H groups in total. The fourth-order valence-electron chi connectivity index (χ4n) is 0.803. The highest BCUT2D eigenvalue weighted by Crippen LogP contribution is 2.00. The number of hydrogen-bond donors (Lipinski definition) is 1. The first-order valence-corrected chi connectivity index (χ1v) is 5.39. The minimum Gasteiger partial charge on any atom is -0.375 e. The number of rotatable bonds is 6. The average Bonchev–Trinajstić information content (AvgIpc) is 1.81. The molecule has 1 unspecified atom stereocenters. The van der Waals surface area contributed by atoms with E-state index in [1.54, 1.807) is 6.92 Å². The summed E-state index contributed by atoms with van der Waals surface area (Å²) in [5, 5.41) is 4.74. The van der Waals surface area contributed by atoms with Crippen molar-refractivity contribution in [3.05, 3.63) is 0 Å². The predicted molar refractivity (Wildman–Crippen MR) is 44.0 cm³/mol. The fourth-order valence-corrected chi connectivity index (χ4v) is 1.69. The van der Waals surface area contributed by atoms with Gasteiger partial charge in [0.05, 0.1) is 12.4 Å². The van der Waals surface area contributed by atoms with Crippen molar-refractivity contribution in [2.75, 3.05) is 19.0 Å². The van der Waals surface area contributed by atoms with E-state index in [1.807, 2.05) is 0 Å². The molecule has 0 saturated carbocycles. The van der Waals surface area contributed by atoms with Gasteiger partial charge in [-0.25, -0.2) is 22.3 Å². The van der Waals surface area contributed by atoms with Gasteiger partial charge >= 0.3 is 0 Å². The van der Waals surface area contributed by atoms with Crippen molar-refractivity contribution in [2.24, 2.45) is 11.1 Å². The van der Waals surface area contributed by atoms with Gasteiger partial charge in [0.15, 0.2) is 0 Å². The molecule has 0 aromatic rings. The van der Waals surface area contributed by atoms with Crippen LogP contribution in [0.1, 0.15) is 6.92 Å². The molecule has 7 heteroatoms. The SMILES string of the molecule is CC(COCC(F)F)CS(N)(=O)=O. The zero-order valence-electron chi connectivity index (χ0n) is 7.24. The summed E-state index contributed by atoms with van der Waals surface area (Å²) in [5.74, 6) is -0.621. The first-order valence-electron chi connectivity index (χ1n) is 3.67. The van der Waals surface area contributed by atoms with Crippen molar-refractivity contribution in [1.29, 1.82) is 0 Å². The molecule has 0 amide bonds. The maximum absolute atomic E-state index is 11.6. The molecule has 0 aromatic heterocycles. The lowest BCUT2D eigenvalue weighted by molar-refractivity contribution is 0.00830. The van der Waals surface area contributed by atoms with E-state index in [9.17, 15) is 17.2 Å². The summed E-state index contributed by atoms with van der Waals surface area (Å²) in [7, 11) is -3.54. The van der Waals surface area contributed by atoms with Gasteiger partial charge in [0, 0.05) is 0 Å². The van der Waals surface area contributed by atoms with Crippen LogP contribution >= 0.6 is 0 Å². The molecule has 4 nitrogen and oxygen atoms in total. The molecule has 1 atom stereocenters. The van der Waals surface area contributed by atoms with E-state index in [-0.39, 0.29) is 18.3 Å². The Morgan fingerprint density at radius 2 is 1.92 bits per heavy atom. The summed E-state index contributed by atoms with van der Waals surface area (Å²) >= 11 is 0. The molecule has 0 radical (unpaired) electrons. The second-order valence-electron chi connectivity index (χ2n) is 2.86. The number of sulfonamides is 1. The van der Waals surface area contributed by atoms with Gasteiger partial charge < -0.3 is 4.74 Å². The van der Waals surface area contributed by atoms with Crippen LogP contribution in [0.5, 0.6) is 0 Å². The molecule has 0 rings (SSSR count). The van der Waals surface area contributed by atoms with Crippen LogP contribution in [0.2, 0.25) is 0 Å². The lowest BCUT2D eigenvalue weighted by Crippen LogP contribution is -2.24. The first-order chi connectivity index (χ1) is 5.81. The van der Waals surface area contributed by atoms with Crippen molar-refractivity contribution < 1.29 is 21.9 Å². The zero-order valence-corrected chi connectivity index (χ0v) is 8.06. The molecule has 0 fully saturated rings. The second-order valence-corrected chi connectivity index (χ2v) is 4.52. The summed E-state index contributed by atoms with van der Waals surface area (Å²) in [4.78, 5) is 0. The van der Waals surface area contributed by atoms with Gasteiger partial charge in [0.25, 0.3) is 6.43 Å². The van der Waals surface area contributed by atoms with Crippen molar-refractivity contribution in [1.82, 2.24) is 0 Å². The van der Waals surface area contributed by atoms with E-state index in [2.05, 4.69) is 4.74 Å². The summed E-state index contributed by atoms with van der Waals surface area (Å²) in [6.45, 7) is 0.867. The summed E-state index contributed by atoms with van der Waals surface area (Å²) in [6.07, 6.45) is -2.53. The Hall–Kier alpha value is -0.270. The third-order valence-electron chi connectivity index (χ3n) is 1.16. The van der Waals surface area contributed by atoms with Crippen molar-refractivity contribution in [3.8, 4) is 0 Å². The maximum atomic E-state index is 11.6. The molecule has 0 heterocycles. The Balaban J connectivity index is 3.58. The normalized spacial score (nSPS) is 14.8. The summed E-state index contributed by atoms with van der Waals surface area (Å²) in [5.41, 5.74) is 0. The van der Waals surface area contributed by atoms with E-state index < -0.39 is 23.1 Å². The third-order valence-corrected chi connectivity index (χ3v) is 2.20. The van der Waals surface area contributed by atoms with E-state index in [1.165, 1.54) is 0 Å². The monoisotopic (exact) mass is 217 g/mol. The van der Waals surface area contributed by atoms with Crippen LogP contribution in [0.3, 0.4) is 0 Å². The number of primary sulfonamides is 1. The summed E-state index contributed by atoms with van der Waals surface area (Å²) < 4.78 is 48.7. The Morgan fingerprint density at radius 3 is 2.31 bits per heavy atom. The van der Waals surface area contributed by atoms with Gasteiger partial charge in [0.1, 0.15) is 6.61 Å². The predicted octanol–water partition coefficient (Wildman–Crippen LogP) is 0.193. The van der Waals surface area contributed by atoms with E-state index >= 15 is 0 Å². The topological polar surface area (TPSA) is 69.4 Å². The smallest absolute Gasteiger partial charge is 0.261 e. The lowest BCUT2D eigenvalue weighted by Gasteiger charge is -2.09. The molecule has 0 aromatic carbocycles. The van der Waals surface area contributed by atoms with Gasteiger partial charge in [-0.3, -0.25) is 0 Å². The van der Waals surface area contributed by atoms with E-state index in [0.29, 0.717) is 0 Å². The summed E-state index contributed by atoms with van der Waals surface area (Å²) in [6, 6.07) is 0. The number of hydrogen-bond acceptors (Lipinski definition) is 3. The Bertz CT molecular complexity index is 230. The van der Waals surface area contributed by atoms with Gasteiger partial charge in [-0.1, -0.05) is 6.92 Å². The molecule has 0 bridgehead atoms. The number of ether oxygens (including phenoxy) is 1. The van der Waals surface area contributed by atoms with Gasteiger partial charge in [-0.2, -0.15) is 0 Å². The molecule has 0 aliphatic heterocycles. The highest BCUT2D eigenvalue weighted by atomic mass is 32.2. The minimum atomic E-state index is -3.54. The number of alkyl halides is 2. The standard InChI is InChI=1S/C6H13F2NO3S/c1-5(4-13(9,10)11)2-12-3-6(7)8/h5-6H,2-4H2,1H3,(H2,9,10,11). The quantitative estimate of drug-likeness (QED) is 0.690. The molecule has 13 heavy (non-hydrogen) atoms. The Labute approximate surface area is 76.1 Å². The second kappa shape index (κ2) is 5.46. The third kappa shape index (κ3) is 9.65. The van der Waals surface area contributed by atoms with Crippen LogP contribution in [0.25, 0.3) is 0 Å². The minimum absolute atomic E-state index is 0.0270. The first kappa shape index (κ1) is 12.7. The molecule has 0 saturated heterocycles. The Kier molecular flexibility index (Phi) is 5.34. The van der Waals surface area contributed by atoms with Crippen LogP contribution in [-0.4, -0.2) is 33.8 Å². The molecular formula is C6H13F2NO3S. The largest absolute Gasteiger partial charge is 0.375 e. The van der Waals surface area contributed by atoms with Crippen LogP contribution in [0.15, 0.2) is 0 Å². The Morgan fingerprint density at radius 1 is 1.38 bits per heavy atom. The van der Waals surface area contributed by atoms with Crippen LogP contribution in [-0.2, 0) is 14.8 Å². The highest BCUT2D eigenvalue weighted by Gasteiger charge is 2.12. The van der Waals surface area contributed by atoms with Gasteiger partial charge in [0.2, 0.25) is 10.0 Å². The van der Waals surface area contributed by atoms with Gasteiger partial charge in [-0.05, 0) is 5.92 Å². The van der Waals surface area contributed by atoms with Crippen LogP contribution in [0, 0.1) is 5.92 Å². The zero-order chi connectivity index (χ0) is 10.5. The van der Waals surface area contributed by atoms with Gasteiger partial charge in [-0.15, -0.1) is 0 Å². The molecule has 0 aliphatic rings. The van der Waals surface area contributed by atoms with Crippen LogP contribution < -0.4 is 5.14 Å². The molecule has 0 spiro atoms. The lowest BCUT2D eigenvalue weighted by atomic mass is 10.2. The fraction of sp³-hybridized carbons (Fsp3) is 1.00. The number of halogens is 2. The number of nitrogens with two attached hydrogens (primary N) is 1. The van der Waals surface area contributed by atoms with Crippen molar-refractivity contribution in [3.63, 3.8) is 0 Å². The molecular weight excluding hydrogens is 204 g/mol. The molecule has 80 valence electrons. The highest BCUT2D eigenvalue weighted by molar-refractivity contribution is 7.89. The van der Waals surface area contributed by atoms with Crippen molar-refractivity contribution >= 4 is 10.0 Å². The average molecular weight is 217 g/mol. The van der Waals surface area contributed by atoms with Crippen molar-refractivity contribution in [2.45, 2.75) is 13.3 Å².